The summed E-state index contributed by atoms with van der Waals surface area (Å²) in [6.07, 6.45) is 2.65. The van der Waals surface area contributed by atoms with E-state index in [0.29, 0.717) is 12.3 Å². The Kier molecular flexibility index (Phi) is 5.13. The lowest BCUT2D eigenvalue weighted by Gasteiger charge is -2.27. The van der Waals surface area contributed by atoms with Crippen LogP contribution in [0.5, 0.6) is 0 Å². The third kappa shape index (κ3) is 4.12. The first-order valence-corrected chi connectivity index (χ1v) is 9.03. The van der Waals surface area contributed by atoms with E-state index >= 15 is 0 Å². The fraction of sp³-hybridized carbons (Fsp3) is 0.615. The van der Waals surface area contributed by atoms with Crippen LogP contribution >= 0.6 is 11.3 Å². The molecule has 6 heteroatoms. The highest BCUT2D eigenvalue weighted by atomic mass is 32.2. The Morgan fingerprint density at radius 2 is 2.42 bits per heavy atom. The van der Waals surface area contributed by atoms with Gasteiger partial charge in [-0.15, -0.1) is 11.3 Å². The molecule has 19 heavy (non-hydrogen) atoms. The fourth-order valence-corrected chi connectivity index (χ4v) is 3.96. The maximum Gasteiger partial charge on any atom is 0.236 e. The Morgan fingerprint density at radius 3 is 3.16 bits per heavy atom. The molecule has 1 aromatic rings. The highest BCUT2D eigenvalue weighted by molar-refractivity contribution is 7.84. The minimum atomic E-state index is -0.825. The molecule has 1 aliphatic heterocycles. The van der Waals surface area contributed by atoms with E-state index in [4.69, 9.17) is 0 Å². The van der Waals surface area contributed by atoms with Crippen molar-refractivity contribution >= 4 is 28.0 Å². The van der Waals surface area contributed by atoms with Crippen molar-refractivity contribution in [2.75, 3.05) is 25.1 Å². The van der Waals surface area contributed by atoms with E-state index in [9.17, 15) is 9.00 Å². The monoisotopic (exact) mass is 300 g/mol. The van der Waals surface area contributed by atoms with E-state index in [1.54, 1.807) is 17.6 Å². The quantitative estimate of drug-likeness (QED) is 0.882. The molecule has 0 saturated heterocycles. The molecule has 0 fully saturated rings. The van der Waals surface area contributed by atoms with Gasteiger partial charge in [-0.05, 0) is 30.4 Å². The second kappa shape index (κ2) is 6.63. The zero-order chi connectivity index (χ0) is 13.8. The summed E-state index contributed by atoms with van der Waals surface area (Å²) in [6.45, 7) is 3.83. The first-order valence-electron chi connectivity index (χ1n) is 6.42. The normalized spacial score (nSPS) is 17.9. The van der Waals surface area contributed by atoms with Crippen molar-refractivity contribution < 1.29 is 9.00 Å². The van der Waals surface area contributed by atoms with E-state index in [-0.39, 0.29) is 11.9 Å². The van der Waals surface area contributed by atoms with Crippen LogP contribution in [0.1, 0.15) is 17.4 Å². The summed E-state index contributed by atoms with van der Waals surface area (Å²) in [6, 6.07) is 2.21. The van der Waals surface area contributed by atoms with Gasteiger partial charge in [0.1, 0.15) is 0 Å². The number of hydrogen-bond donors (Lipinski definition) is 1. The van der Waals surface area contributed by atoms with Crippen molar-refractivity contribution in [3.8, 4) is 0 Å². The predicted octanol–water partition coefficient (Wildman–Crippen LogP) is 0.989. The molecular formula is C13H20N2O2S2. The number of amides is 1. The Morgan fingerprint density at radius 1 is 1.63 bits per heavy atom. The molecule has 2 heterocycles. The number of thiophene rings is 1. The van der Waals surface area contributed by atoms with Crippen LogP contribution < -0.4 is 5.32 Å². The maximum atomic E-state index is 12.1. The molecule has 2 rings (SSSR count). The summed E-state index contributed by atoms with van der Waals surface area (Å²) in [5, 5.41) is 5.24. The standard InChI is InChI=1S/C13H20N2O2S2/c1-10(9-19(2)17)14-7-13(16)15-5-3-12-11(8-15)4-6-18-12/h4,6,10,14H,3,5,7-9H2,1-2H3. The molecule has 2 atom stereocenters. The molecule has 4 nitrogen and oxygen atoms in total. The SMILES string of the molecule is CC(CS(C)=O)NCC(=O)N1CCc2sccc2C1. The van der Waals surface area contributed by atoms with E-state index in [1.807, 2.05) is 11.8 Å². The fourth-order valence-electron chi connectivity index (χ4n) is 2.25. The van der Waals surface area contributed by atoms with E-state index < -0.39 is 10.8 Å². The summed E-state index contributed by atoms with van der Waals surface area (Å²) in [5.41, 5.74) is 1.28. The van der Waals surface area contributed by atoms with Gasteiger partial charge in [0, 0.05) is 46.8 Å². The van der Waals surface area contributed by atoms with Crippen LogP contribution in [0.3, 0.4) is 0 Å². The van der Waals surface area contributed by atoms with Crippen LogP contribution in [0.25, 0.3) is 0 Å². The second-order valence-electron chi connectivity index (χ2n) is 4.96. The molecule has 2 unspecified atom stereocenters. The lowest BCUT2D eigenvalue weighted by atomic mass is 10.1. The minimum absolute atomic E-state index is 0.108. The van der Waals surface area contributed by atoms with Crippen LogP contribution in [-0.2, 0) is 28.6 Å². The molecule has 1 aromatic heterocycles. The number of hydrogen-bond acceptors (Lipinski definition) is 4. The Balaban J connectivity index is 1.80. The van der Waals surface area contributed by atoms with E-state index in [0.717, 1.165) is 19.5 Å². The largest absolute Gasteiger partial charge is 0.337 e. The van der Waals surface area contributed by atoms with Gasteiger partial charge >= 0.3 is 0 Å². The van der Waals surface area contributed by atoms with Gasteiger partial charge in [-0.1, -0.05) is 0 Å². The molecule has 1 N–H and O–H groups in total. The molecule has 106 valence electrons. The van der Waals surface area contributed by atoms with Crippen LogP contribution in [0.2, 0.25) is 0 Å². The molecule has 0 spiro atoms. The summed E-state index contributed by atoms with van der Waals surface area (Å²) in [4.78, 5) is 15.4. The van der Waals surface area contributed by atoms with Crippen LogP contribution in [0, 0.1) is 0 Å². The van der Waals surface area contributed by atoms with Gasteiger partial charge in [0.2, 0.25) is 5.91 Å². The lowest BCUT2D eigenvalue weighted by Crippen LogP contribution is -2.43. The van der Waals surface area contributed by atoms with Crippen LogP contribution in [0.15, 0.2) is 11.4 Å². The zero-order valence-electron chi connectivity index (χ0n) is 11.3. The second-order valence-corrected chi connectivity index (χ2v) is 7.44. The third-order valence-electron chi connectivity index (χ3n) is 3.25. The van der Waals surface area contributed by atoms with Gasteiger partial charge in [0.05, 0.1) is 6.54 Å². The molecule has 0 aliphatic carbocycles. The van der Waals surface area contributed by atoms with Crippen molar-refractivity contribution in [1.29, 1.82) is 0 Å². The van der Waals surface area contributed by atoms with Crippen molar-refractivity contribution in [1.82, 2.24) is 10.2 Å². The molecule has 0 aromatic carbocycles. The molecule has 1 amide bonds. The molecule has 0 radical (unpaired) electrons. The molecule has 1 aliphatic rings. The summed E-state index contributed by atoms with van der Waals surface area (Å²) < 4.78 is 11.1. The van der Waals surface area contributed by atoms with Gasteiger partial charge in [-0.3, -0.25) is 9.00 Å². The van der Waals surface area contributed by atoms with Gasteiger partial charge in [-0.25, -0.2) is 0 Å². The topological polar surface area (TPSA) is 49.4 Å². The van der Waals surface area contributed by atoms with E-state index in [2.05, 4.69) is 16.8 Å². The number of rotatable bonds is 5. The maximum absolute atomic E-state index is 12.1. The average Bonchev–Trinajstić information content (AvgIpc) is 2.82. The first-order chi connectivity index (χ1) is 9.06. The van der Waals surface area contributed by atoms with Crippen molar-refractivity contribution in [3.63, 3.8) is 0 Å². The Labute approximate surface area is 120 Å². The van der Waals surface area contributed by atoms with Gasteiger partial charge < -0.3 is 10.2 Å². The number of nitrogens with one attached hydrogen (secondary N) is 1. The van der Waals surface area contributed by atoms with Crippen molar-refractivity contribution in [3.05, 3.63) is 21.9 Å². The molecule has 0 saturated carbocycles. The Hall–Kier alpha value is -0.720. The van der Waals surface area contributed by atoms with Crippen molar-refractivity contribution in [2.24, 2.45) is 0 Å². The third-order valence-corrected chi connectivity index (χ3v) is 5.24. The number of nitrogens with zero attached hydrogens (tertiary/aromatic N) is 1. The smallest absolute Gasteiger partial charge is 0.236 e. The average molecular weight is 300 g/mol. The summed E-state index contributed by atoms with van der Waals surface area (Å²) in [5.74, 6) is 0.715. The lowest BCUT2D eigenvalue weighted by molar-refractivity contribution is -0.131. The van der Waals surface area contributed by atoms with Gasteiger partial charge in [-0.2, -0.15) is 0 Å². The summed E-state index contributed by atoms with van der Waals surface area (Å²) >= 11 is 1.78. The van der Waals surface area contributed by atoms with Crippen LogP contribution in [-0.4, -0.2) is 46.2 Å². The zero-order valence-corrected chi connectivity index (χ0v) is 13.0. The first kappa shape index (κ1) is 14.7. The molecule has 0 bridgehead atoms. The number of carbonyl (C=O) groups is 1. The minimum Gasteiger partial charge on any atom is -0.337 e. The van der Waals surface area contributed by atoms with Crippen molar-refractivity contribution in [2.45, 2.75) is 25.9 Å². The summed E-state index contributed by atoms with van der Waals surface area (Å²) in [7, 11) is -0.825. The van der Waals surface area contributed by atoms with Gasteiger partial charge in [0.25, 0.3) is 0 Å². The van der Waals surface area contributed by atoms with E-state index in [1.165, 1.54) is 10.4 Å². The Bertz CT molecular complexity index is 473. The number of fused-ring (bicyclic) bond motifs is 1. The highest BCUT2D eigenvalue weighted by Gasteiger charge is 2.21. The van der Waals surface area contributed by atoms with Gasteiger partial charge in [0.15, 0.2) is 0 Å². The number of carbonyl (C=O) groups excluding carboxylic acids is 1. The predicted molar refractivity (Wildman–Crippen MR) is 79.8 cm³/mol. The van der Waals surface area contributed by atoms with Crippen LogP contribution in [0.4, 0.5) is 0 Å². The molecular weight excluding hydrogens is 280 g/mol. The highest BCUT2D eigenvalue weighted by Crippen LogP contribution is 2.23.